The van der Waals surface area contributed by atoms with Crippen LogP contribution in [0.4, 0.5) is 0 Å². The second-order valence-electron chi connectivity index (χ2n) is 6.43. The highest BCUT2D eigenvalue weighted by molar-refractivity contribution is 7.90. The molecule has 1 aromatic rings. The third kappa shape index (κ3) is 11.9. The Morgan fingerprint density at radius 3 is 2.62 bits per heavy atom. The van der Waals surface area contributed by atoms with Crippen LogP contribution < -0.4 is 10.6 Å². The van der Waals surface area contributed by atoms with E-state index in [-0.39, 0.29) is 11.8 Å². The molecule has 6 nitrogen and oxygen atoms in total. The van der Waals surface area contributed by atoms with Gasteiger partial charge in [0, 0.05) is 32.0 Å². The van der Waals surface area contributed by atoms with E-state index >= 15 is 0 Å². The lowest BCUT2D eigenvalue weighted by atomic mass is 10.2. The van der Waals surface area contributed by atoms with Crippen LogP contribution in [0.25, 0.3) is 0 Å². The monoisotopic (exact) mass is 383 g/mol. The lowest BCUT2D eigenvalue weighted by Gasteiger charge is -2.17. The van der Waals surface area contributed by atoms with Gasteiger partial charge in [-0.15, -0.1) is 0 Å². The maximum atomic E-state index is 11.2. The van der Waals surface area contributed by atoms with Crippen molar-refractivity contribution in [1.29, 1.82) is 0 Å². The maximum absolute atomic E-state index is 11.2. The minimum atomic E-state index is -2.93. The molecule has 0 saturated carbocycles. The lowest BCUT2D eigenvalue weighted by molar-refractivity contribution is 0.136. The van der Waals surface area contributed by atoms with E-state index in [1.54, 1.807) is 0 Å². The van der Waals surface area contributed by atoms with Crippen molar-refractivity contribution in [2.24, 2.45) is 4.99 Å². The van der Waals surface area contributed by atoms with Crippen LogP contribution in [0.3, 0.4) is 0 Å². The van der Waals surface area contributed by atoms with Gasteiger partial charge in [-0.1, -0.05) is 30.3 Å². The van der Waals surface area contributed by atoms with Gasteiger partial charge in [-0.2, -0.15) is 0 Å². The average Bonchev–Trinajstić information content (AvgIpc) is 2.59. The van der Waals surface area contributed by atoms with Gasteiger partial charge >= 0.3 is 0 Å². The molecule has 26 heavy (non-hydrogen) atoms. The molecule has 7 heteroatoms. The smallest absolute Gasteiger partial charge is 0.191 e. The zero-order valence-electron chi connectivity index (χ0n) is 16.2. The van der Waals surface area contributed by atoms with Crippen molar-refractivity contribution >= 4 is 15.8 Å². The van der Waals surface area contributed by atoms with Crippen LogP contribution in [0.15, 0.2) is 35.3 Å². The molecule has 0 heterocycles. The SMILES string of the molecule is CCNC(=NCCCOCCc1ccccc1)NC(C)CCS(C)(=O)=O. The predicted octanol–water partition coefficient (Wildman–Crippen LogP) is 2.01. The normalized spacial score (nSPS) is 13.4. The summed E-state index contributed by atoms with van der Waals surface area (Å²) >= 11 is 0. The highest BCUT2D eigenvalue weighted by atomic mass is 32.2. The van der Waals surface area contributed by atoms with Gasteiger partial charge in [0.05, 0.1) is 12.4 Å². The van der Waals surface area contributed by atoms with Gasteiger partial charge < -0.3 is 15.4 Å². The van der Waals surface area contributed by atoms with E-state index in [1.807, 2.05) is 32.0 Å². The third-order valence-electron chi connectivity index (χ3n) is 3.74. The number of aliphatic imine (C=N–C) groups is 1. The summed E-state index contributed by atoms with van der Waals surface area (Å²) in [6.45, 7) is 6.79. The minimum absolute atomic E-state index is 0.0460. The molecular formula is C19H33N3O3S. The number of rotatable bonds is 12. The fourth-order valence-electron chi connectivity index (χ4n) is 2.31. The highest BCUT2D eigenvalue weighted by Gasteiger charge is 2.09. The molecule has 0 aliphatic heterocycles. The quantitative estimate of drug-likeness (QED) is 0.328. The summed E-state index contributed by atoms with van der Waals surface area (Å²) in [7, 11) is -2.93. The Hall–Kier alpha value is -1.60. The van der Waals surface area contributed by atoms with Crippen LogP contribution in [0.1, 0.15) is 32.3 Å². The van der Waals surface area contributed by atoms with Crippen LogP contribution in [0.5, 0.6) is 0 Å². The first-order chi connectivity index (χ1) is 12.4. The summed E-state index contributed by atoms with van der Waals surface area (Å²) in [6, 6.07) is 10.3. The summed E-state index contributed by atoms with van der Waals surface area (Å²) in [6.07, 6.45) is 3.60. The molecule has 2 N–H and O–H groups in total. The molecule has 148 valence electrons. The number of hydrogen-bond donors (Lipinski definition) is 2. The van der Waals surface area contributed by atoms with E-state index in [0.29, 0.717) is 26.2 Å². The van der Waals surface area contributed by atoms with E-state index in [0.717, 1.165) is 25.3 Å². The highest BCUT2D eigenvalue weighted by Crippen LogP contribution is 2.00. The van der Waals surface area contributed by atoms with Crippen molar-refractivity contribution in [1.82, 2.24) is 10.6 Å². The molecule has 0 radical (unpaired) electrons. The summed E-state index contributed by atoms with van der Waals surface area (Å²) in [5, 5.41) is 6.43. The number of nitrogens with zero attached hydrogens (tertiary/aromatic N) is 1. The van der Waals surface area contributed by atoms with Gasteiger partial charge in [0.15, 0.2) is 5.96 Å². The van der Waals surface area contributed by atoms with E-state index in [9.17, 15) is 8.42 Å². The van der Waals surface area contributed by atoms with E-state index < -0.39 is 9.84 Å². The molecule has 1 unspecified atom stereocenters. The van der Waals surface area contributed by atoms with E-state index in [2.05, 4.69) is 27.8 Å². The summed E-state index contributed by atoms with van der Waals surface area (Å²) < 4.78 is 28.2. The van der Waals surface area contributed by atoms with Crippen molar-refractivity contribution in [3.63, 3.8) is 0 Å². The molecule has 1 aromatic carbocycles. The number of guanidine groups is 1. The Morgan fingerprint density at radius 1 is 1.23 bits per heavy atom. The molecule has 0 saturated heterocycles. The molecule has 0 fully saturated rings. The van der Waals surface area contributed by atoms with Crippen LogP contribution in [0.2, 0.25) is 0 Å². The molecule has 1 atom stereocenters. The zero-order chi connectivity index (χ0) is 19.3. The molecule has 0 aromatic heterocycles. The largest absolute Gasteiger partial charge is 0.381 e. The second kappa shape index (κ2) is 12.7. The van der Waals surface area contributed by atoms with Gasteiger partial charge in [0.1, 0.15) is 9.84 Å². The van der Waals surface area contributed by atoms with Crippen LogP contribution in [-0.2, 0) is 21.0 Å². The van der Waals surface area contributed by atoms with E-state index in [4.69, 9.17) is 4.74 Å². The summed E-state index contributed by atoms with van der Waals surface area (Å²) in [4.78, 5) is 4.52. The number of nitrogens with one attached hydrogen (secondary N) is 2. The van der Waals surface area contributed by atoms with E-state index in [1.165, 1.54) is 11.8 Å². The Balaban J connectivity index is 2.22. The van der Waals surface area contributed by atoms with Crippen molar-refractivity contribution in [2.45, 2.75) is 39.2 Å². The first-order valence-corrected chi connectivity index (χ1v) is 11.3. The summed E-state index contributed by atoms with van der Waals surface area (Å²) in [5.41, 5.74) is 1.28. The Morgan fingerprint density at radius 2 is 1.96 bits per heavy atom. The first-order valence-electron chi connectivity index (χ1n) is 9.25. The first kappa shape index (κ1) is 22.4. The number of sulfone groups is 1. The minimum Gasteiger partial charge on any atom is -0.381 e. The molecule has 0 spiro atoms. The van der Waals surface area contributed by atoms with Crippen molar-refractivity contribution in [3.05, 3.63) is 35.9 Å². The molecular weight excluding hydrogens is 350 g/mol. The van der Waals surface area contributed by atoms with Gasteiger partial charge in [-0.05, 0) is 38.7 Å². The van der Waals surface area contributed by atoms with Crippen molar-refractivity contribution < 1.29 is 13.2 Å². The van der Waals surface area contributed by atoms with Crippen LogP contribution in [0, 0.1) is 0 Å². The van der Waals surface area contributed by atoms with Crippen molar-refractivity contribution in [3.8, 4) is 0 Å². The Kier molecular flexibility index (Phi) is 11.0. The fourth-order valence-corrected chi connectivity index (χ4v) is 3.09. The maximum Gasteiger partial charge on any atom is 0.191 e. The Bertz CT molecular complexity index is 618. The topological polar surface area (TPSA) is 79.8 Å². The van der Waals surface area contributed by atoms with Gasteiger partial charge in [-0.3, -0.25) is 4.99 Å². The molecule has 0 amide bonds. The second-order valence-corrected chi connectivity index (χ2v) is 8.69. The van der Waals surface area contributed by atoms with Crippen molar-refractivity contribution in [2.75, 3.05) is 38.3 Å². The van der Waals surface area contributed by atoms with Gasteiger partial charge in [-0.25, -0.2) is 8.42 Å². The average molecular weight is 384 g/mol. The van der Waals surface area contributed by atoms with Gasteiger partial charge in [0.25, 0.3) is 0 Å². The number of ether oxygens (including phenoxy) is 1. The lowest BCUT2D eigenvalue weighted by Crippen LogP contribution is -2.43. The Labute approximate surface area is 158 Å². The molecule has 1 rings (SSSR count). The van der Waals surface area contributed by atoms with Gasteiger partial charge in [0.2, 0.25) is 0 Å². The van der Waals surface area contributed by atoms with Crippen LogP contribution in [-0.4, -0.2) is 58.7 Å². The van der Waals surface area contributed by atoms with Crippen LogP contribution >= 0.6 is 0 Å². The fraction of sp³-hybridized carbons (Fsp3) is 0.632. The predicted molar refractivity (Wildman–Crippen MR) is 108 cm³/mol. The number of benzene rings is 1. The zero-order valence-corrected chi connectivity index (χ0v) is 17.0. The molecule has 0 aliphatic rings. The third-order valence-corrected chi connectivity index (χ3v) is 4.72. The summed E-state index contributed by atoms with van der Waals surface area (Å²) in [5.74, 6) is 0.897. The number of hydrogen-bond acceptors (Lipinski definition) is 4. The molecule has 0 aliphatic carbocycles. The molecule has 0 bridgehead atoms. The standard InChI is InChI=1S/C19H33N3O3S/c1-4-20-19(22-17(2)12-16-26(3,23)24)21-13-8-14-25-15-11-18-9-6-5-7-10-18/h5-7,9-10,17H,4,8,11-16H2,1-3H3,(H2,20,21,22).